The van der Waals surface area contributed by atoms with Crippen molar-refractivity contribution in [2.45, 2.75) is 0 Å². The fraction of sp³-hybridized carbons (Fsp3) is 0.125. The van der Waals surface area contributed by atoms with Crippen molar-refractivity contribution in [3.05, 3.63) is 34.3 Å². The summed E-state index contributed by atoms with van der Waals surface area (Å²) in [5.41, 5.74) is 0.331. The van der Waals surface area contributed by atoms with E-state index >= 15 is 0 Å². The summed E-state index contributed by atoms with van der Waals surface area (Å²) in [6.45, 7) is -0.638. The lowest BCUT2D eigenvalue weighted by molar-refractivity contribution is 0.0884. The van der Waals surface area contributed by atoms with Gasteiger partial charge >= 0.3 is 7.82 Å². The molecule has 0 saturated heterocycles. The van der Waals surface area contributed by atoms with Crippen LogP contribution in [-0.4, -0.2) is 22.2 Å². The summed E-state index contributed by atoms with van der Waals surface area (Å²) in [6, 6.07) is 6.47. The van der Waals surface area contributed by atoms with E-state index in [1.54, 1.807) is 18.2 Å². The van der Waals surface area contributed by atoms with Crippen LogP contribution >= 0.6 is 23.8 Å². The van der Waals surface area contributed by atoms with Crippen LogP contribution in [0.4, 0.5) is 0 Å². The molecule has 0 amide bonds. The number of benzene rings is 1. The molecule has 0 saturated carbocycles. The summed E-state index contributed by atoms with van der Waals surface area (Å²) < 4.78 is 15.1. The van der Waals surface area contributed by atoms with Crippen molar-refractivity contribution in [2.75, 3.05) is 6.61 Å². The predicted octanol–water partition coefficient (Wildman–Crippen LogP) is 1.74. The minimum Gasteiger partial charge on any atom is -0.303 e. The first kappa shape index (κ1) is 12.5. The molecule has 0 radical (unpaired) electrons. The molecule has 0 bridgehead atoms. The molecule has 0 aliphatic heterocycles. The number of hydrogen-bond acceptors (Lipinski definition) is 3. The minimum atomic E-state index is -4.58. The topological polar surface area (TPSA) is 83.8 Å². The van der Waals surface area contributed by atoms with Gasteiger partial charge in [-0.3, -0.25) is 9.32 Å². The maximum Gasteiger partial charge on any atom is 0.470 e. The number of carbonyl (C=O) groups excluding carboxylic acids is 1. The molecule has 1 aromatic carbocycles. The number of halogens is 1. The standard InChI is InChI=1S/C8H8BrO5P/c9-7-3-1-2-6(4-7)8(10)5-14-15(11,12)13/h1-4H,5H2,(H2,11,12,13). The number of ketones is 1. The van der Waals surface area contributed by atoms with Crippen LogP contribution in [0, 0.1) is 0 Å². The highest BCUT2D eigenvalue weighted by Crippen LogP contribution is 2.35. The molecule has 0 spiro atoms. The van der Waals surface area contributed by atoms with E-state index in [0.717, 1.165) is 0 Å². The van der Waals surface area contributed by atoms with Crippen LogP contribution in [0.25, 0.3) is 0 Å². The molecule has 0 heterocycles. The monoisotopic (exact) mass is 294 g/mol. The summed E-state index contributed by atoms with van der Waals surface area (Å²) in [5, 5.41) is 0. The highest BCUT2D eigenvalue weighted by Gasteiger charge is 2.17. The van der Waals surface area contributed by atoms with Gasteiger partial charge in [0.2, 0.25) is 0 Å². The Morgan fingerprint density at radius 2 is 2.13 bits per heavy atom. The molecule has 1 rings (SSSR count). The van der Waals surface area contributed by atoms with Crippen molar-refractivity contribution >= 4 is 29.5 Å². The Kier molecular flexibility index (Phi) is 4.19. The van der Waals surface area contributed by atoms with Gasteiger partial charge in [-0.05, 0) is 12.1 Å². The number of phosphoric acid groups is 1. The third kappa shape index (κ3) is 4.68. The lowest BCUT2D eigenvalue weighted by Crippen LogP contribution is -2.07. The molecule has 7 heteroatoms. The minimum absolute atomic E-state index is 0.331. The van der Waals surface area contributed by atoms with Crippen LogP contribution in [0.5, 0.6) is 0 Å². The van der Waals surface area contributed by atoms with Gasteiger partial charge in [0.25, 0.3) is 0 Å². The Bertz CT molecular complexity index is 413. The van der Waals surface area contributed by atoms with Crippen LogP contribution < -0.4 is 0 Å². The Balaban J connectivity index is 2.66. The molecule has 15 heavy (non-hydrogen) atoms. The van der Waals surface area contributed by atoms with Gasteiger partial charge in [-0.1, -0.05) is 28.1 Å². The van der Waals surface area contributed by atoms with E-state index < -0.39 is 20.2 Å². The second-order valence-electron chi connectivity index (χ2n) is 2.70. The third-order valence-corrected chi connectivity index (χ3v) is 2.47. The average molecular weight is 295 g/mol. The van der Waals surface area contributed by atoms with Gasteiger partial charge in [-0.2, -0.15) is 0 Å². The van der Waals surface area contributed by atoms with Gasteiger partial charge in [-0.25, -0.2) is 4.57 Å². The molecule has 82 valence electrons. The Hall–Kier alpha value is -0.520. The van der Waals surface area contributed by atoms with Gasteiger partial charge in [0.15, 0.2) is 5.78 Å². The molecule has 2 N–H and O–H groups in total. The van der Waals surface area contributed by atoms with E-state index in [4.69, 9.17) is 9.79 Å². The summed E-state index contributed by atoms with van der Waals surface area (Å²) >= 11 is 3.17. The van der Waals surface area contributed by atoms with Crippen LogP contribution in [-0.2, 0) is 9.09 Å². The molecule has 0 fully saturated rings. The van der Waals surface area contributed by atoms with Crippen molar-refractivity contribution in [1.29, 1.82) is 0 Å². The number of hydrogen-bond donors (Lipinski definition) is 2. The first-order valence-electron chi connectivity index (χ1n) is 3.87. The fourth-order valence-corrected chi connectivity index (χ4v) is 1.57. The van der Waals surface area contributed by atoms with Crippen molar-refractivity contribution in [3.8, 4) is 0 Å². The Morgan fingerprint density at radius 1 is 1.47 bits per heavy atom. The maximum absolute atomic E-state index is 11.4. The molecular weight excluding hydrogens is 287 g/mol. The van der Waals surface area contributed by atoms with E-state index in [2.05, 4.69) is 20.5 Å². The zero-order valence-electron chi connectivity index (χ0n) is 7.46. The van der Waals surface area contributed by atoms with Crippen molar-refractivity contribution in [2.24, 2.45) is 0 Å². The van der Waals surface area contributed by atoms with Crippen LogP contribution in [0.3, 0.4) is 0 Å². The molecule has 0 atom stereocenters. The van der Waals surface area contributed by atoms with Gasteiger partial charge < -0.3 is 9.79 Å². The van der Waals surface area contributed by atoms with Gasteiger partial charge in [0.1, 0.15) is 6.61 Å². The van der Waals surface area contributed by atoms with Crippen molar-refractivity contribution < 1.29 is 23.7 Å². The molecule has 0 aliphatic carbocycles. The van der Waals surface area contributed by atoms with Gasteiger partial charge in [0.05, 0.1) is 0 Å². The van der Waals surface area contributed by atoms with Gasteiger partial charge in [-0.15, -0.1) is 0 Å². The van der Waals surface area contributed by atoms with Crippen LogP contribution in [0.15, 0.2) is 28.7 Å². The summed E-state index contributed by atoms with van der Waals surface area (Å²) in [4.78, 5) is 28.1. The predicted molar refractivity (Wildman–Crippen MR) is 56.5 cm³/mol. The summed E-state index contributed by atoms with van der Waals surface area (Å²) in [6.07, 6.45) is 0. The average Bonchev–Trinajstić information content (AvgIpc) is 2.13. The second-order valence-corrected chi connectivity index (χ2v) is 4.85. The van der Waals surface area contributed by atoms with E-state index in [1.165, 1.54) is 6.07 Å². The largest absolute Gasteiger partial charge is 0.470 e. The normalized spacial score (nSPS) is 11.4. The van der Waals surface area contributed by atoms with E-state index in [1.807, 2.05) is 0 Å². The number of carbonyl (C=O) groups is 1. The molecular formula is C8H8BrO5P. The van der Waals surface area contributed by atoms with Crippen LogP contribution in [0.2, 0.25) is 0 Å². The molecule has 0 aromatic heterocycles. The molecule has 0 aliphatic rings. The van der Waals surface area contributed by atoms with Crippen molar-refractivity contribution in [3.63, 3.8) is 0 Å². The molecule has 0 unspecified atom stereocenters. The van der Waals surface area contributed by atoms with Gasteiger partial charge in [0, 0.05) is 10.0 Å². The fourth-order valence-electron chi connectivity index (χ4n) is 0.888. The SMILES string of the molecule is O=C(COP(=O)(O)O)c1cccc(Br)c1. The smallest absolute Gasteiger partial charge is 0.303 e. The summed E-state index contributed by atoms with van der Waals surface area (Å²) in [7, 11) is -4.58. The van der Waals surface area contributed by atoms with E-state index in [9.17, 15) is 9.36 Å². The first-order chi connectivity index (χ1) is 6.88. The Labute approximate surface area is 94.4 Å². The third-order valence-electron chi connectivity index (χ3n) is 1.51. The summed E-state index contributed by atoms with van der Waals surface area (Å²) in [5.74, 6) is -0.486. The quantitative estimate of drug-likeness (QED) is 0.653. The Morgan fingerprint density at radius 3 is 2.67 bits per heavy atom. The number of rotatable bonds is 4. The van der Waals surface area contributed by atoms with Crippen LogP contribution in [0.1, 0.15) is 10.4 Å². The van der Waals surface area contributed by atoms with Crippen molar-refractivity contribution in [1.82, 2.24) is 0 Å². The van der Waals surface area contributed by atoms with E-state index in [0.29, 0.717) is 10.0 Å². The first-order valence-corrected chi connectivity index (χ1v) is 6.20. The zero-order valence-corrected chi connectivity index (χ0v) is 9.94. The lowest BCUT2D eigenvalue weighted by atomic mass is 10.1. The van der Waals surface area contributed by atoms with E-state index in [-0.39, 0.29) is 0 Å². The highest BCUT2D eigenvalue weighted by atomic mass is 79.9. The zero-order chi connectivity index (χ0) is 11.5. The second kappa shape index (κ2) is 5.01. The lowest BCUT2D eigenvalue weighted by Gasteiger charge is -2.04. The maximum atomic E-state index is 11.4. The highest BCUT2D eigenvalue weighted by molar-refractivity contribution is 9.10. The molecule has 5 nitrogen and oxygen atoms in total. The number of Topliss-reactive ketones (excluding diaryl/α,β-unsaturated/α-hetero) is 1. The number of phosphoric ester groups is 1. The molecule has 1 aromatic rings.